The number of hydrogen-bond donors (Lipinski definition) is 1. The third-order valence-electron chi connectivity index (χ3n) is 3.59. The minimum atomic E-state index is -0.641. The fourth-order valence-corrected chi connectivity index (χ4v) is 2.40. The van der Waals surface area contributed by atoms with Crippen molar-refractivity contribution in [2.75, 3.05) is 6.61 Å². The Balaban J connectivity index is 2.01. The second kappa shape index (κ2) is 7.57. The summed E-state index contributed by atoms with van der Waals surface area (Å²) in [5.41, 5.74) is 0.856. The first-order chi connectivity index (χ1) is 12.6. The molecule has 0 aliphatic rings. The molecule has 0 unspecified atom stereocenters. The van der Waals surface area contributed by atoms with E-state index in [-0.39, 0.29) is 23.7 Å². The molecular weight excluding hydrogens is 336 g/mol. The Morgan fingerprint density at radius 1 is 1.19 bits per heavy atom. The Labute approximate surface area is 149 Å². The maximum Gasteiger partial charge on any atom is 0.343 e. The van der Waals surface area contributed by atoms with Gasteiger partial charge in [-0.05, 0) is 37.3 Å². The highest BCUT2D eigenvalue weighted by atomic mass is 16.5. The SMILES string of the molecule is CCOC(=O)/C=C/c1cc2ccoc2c(O)c1OC(=O)c1ccccc1. The Kier molecular flexibility index (Phi) is 5.03. The van der Waals surface area contributed by atoms with E-state index < -0.39 is 11.9 Å². The van der Waals surface area contributed by atoms with Crippen molar-refractivity contribution >= 4 is 29.0 Å². The summed E-state index contributed by atoms with van der Waals surface area (Å²) in [6.07, 6.45) is 4.02. The van der Waals surface area contributed by atoms with Gasteiger partial charge in [-0.2, -0.15) is 0 Å². The van der Waals surface area contributed by atoms with Crippen LogP contribution in [0, 0.1) is 0 Å². The van der Waals surface area contributed by atoms with E-state index in [1.807, 2.05) is 0 Å². The third kappa shape index (κ3) is 3.59. The van der Waals surface area contributed by atoms with Gasteiger partial charge in [0.25, 0.3) is 0 Å². The molecule has 3 rings (SSSR count). The number of ether oxygens (including phenoxy) is 2. The van der Waals surface area contributed by atoms with Crippen molar-refractivity contribution < 1.29 is 28.6 Å². The second-order valence-electron chi connectivity index (χ2n) is 5.32. The molecule has 0 aliphatic heterocycles. The zero-order chi connectivity index (χ0) is 18.5. The number of carbonyl (C=O) groups excluding carboxylic acids is 2. The van der Waals surface area contributed by atoms with E-state index in [1.165, 1.54) is 18.4 Å². The summed E-state index contributed by atoms with van der Waals surface area (Å²) in [6.45, 7) is 1.94. The van der Waals surface area contributed by atoms with E-state index in [0.29, 0.717) is 16.5 Å². The van der Waals surface area contributed by atoms with Crippen LogP contribution in [0.25, 0.3) is 17.0 Å². The van der Waals surface area contributed by atoms with Crippen molar-refractivity contribution in [3.8, 4) is 11.5 Å². The first-order valence-electron chi connectivity index (χ1n) is 7.95. The number of furan rings is 1. The third-order valence-corrected chi connectivity index (χ3v) is 3.59. The summed E-state index contributed by atoms with van der Waals surface area (Å²) < 4.78 is 15.5. The van der Waals surface area contributed by atoms with Crippen molar-refractivity contribution in [1.82, 2.24) is 0 Å². The molecule has 6 heteroatoms. The highest BCUT2D eigenvalue weighted by molar-refractivity contribution is 5.96. The van der Waals surface area contributed by atoms with Crippen LogP contribution in [-0.4, -0.2) is 23.7 Å². The summed E-state index contributed by atoms with van der Waals surface area (Å²) in [7, 11) is 0. The predicted octanol–water partition coefficient (Wildman–Crippen LogP) is 3.93. The minimum Gasteiger partial charge on any atom is -0.502 e. The molecule has 6 nitrogen and oxygen atoms in total. The number of phenolic OH excluding ortho intramolecular Hbond substituents is 1. The Morgan fingerprint density at radius 3 is 2.69 bits per heavy atom. The number of esters is 2. The van der Waals surface area contributed by atoms with E-state index in [2.05, 4.69) is 0 Å². The van der Waals surface area contributed by atoms with Crippen LogP contribution >= 0.6 is 0 Å². The highest BCUT2D eigenvalue weighted by Gasteiger charge is 2.19. The molecule has 0 atom stereocenters. The van der Waals surface area contributed by atoms with Gasteiger partial charge >= 0.3 is 11.9 Å². The van der Waals surface area contributed by atoms with Gasteiger partial charge < -0.3 is 19.0 Å². The lowest BCUT2D eigenvalue weighted by molar-refractivity contribution is -0.137. The average Bonchev–Trinajstić information content (AvgIpc) is 3.12. The zero-order valence-corrected chi connectivity index (χ0v) is 14.0. The van der Waals surface area contributed by atoms with Crippen LogP contribution < -0.4 is 4.74 Å². The summed E-state index contributed by atoms with van der Waals surface area (Å²) >= 11 is 0. The number of phenols is 1. The fourth-order valence-electron chi connectivity index (χ4n) is 2.40. The van der Waals surface area contributed by atoms with E-state index in [9.17, 15) is 14.7 Å². The highest BCUT2D eigenvalue weighted by Crippen LogP contribution is 2.39. The molecule has 0 amide bonds. The van der Waals surface area contributed by atoms with Crippen LogP contribution in [-0.2, 0) is 9.53 Å². The lowest BCUT2D eigenvalue weighted by atomic mass is 10.1. The molecule has 0 aliphatic carbocycles. The molecule has 0 spiro atoms. The number of benzene rings is 2. The first-order valence-corrected chi connectivity index (χ1v) is 7.95. The second-order valence-corrected chi connectivity index (χ2v) is 5.32. The molecule has 26 heavy (non-hydrogen) atoms. The number of aromatic hydroxyl groups is 1. The van der Waals surface area contributed by atoms with Crippen molar-refractivity contribution in [3.63, 3.8) is 0 Å². The van der Waals surface area contributed by atoms with E-state index >= 15 is 0 Å². The Bertz CT molecular complexity index is 969. The van der Waals surface area contributed by atoms with Gasteiger partial charge in [0.1, 0.15) is 0 Å². The predicted molar refractivity (Wildman–Crippen MR) is 94.9 cm³/mol. The lowest BCUT2D eigenvalue weighted by Gasteiger charge is -2.10. The molecule has 1 heterocycles. The van der Waals surface area contributed by atoms with E-state index in [4.69, 9.17) is 13.9 Å². The van der Waals surface area contributed by atoms with Crippen molar-refractivity contribution in [2.45, 2.75) is 6.92 Å². The normalized spacial score (nSPS) is 11.0. The van der Waals surface area contributed by atoms with E-state index in [0.717, 1.165) is 0 Å². The Hall–Kier alpha value is -3.54. The van der Waals surface area contributed by atoms with E-state index in [1.54, 1.807) is 49.4 Å². The standard InChI is InChI=1S/C20H16O6/c1-2-24-16(21)9-8-14-12-15-10-11-25-18(15)17(22)19(14)26-20(23)13-6-4-3-5-7-13/h3-12,22H,2H2,1H3/b9-8+. The fraction of sp³-hybridized carbons (Fsp3) is 0.100. The first kappa shape index (κ1) is 17.3. The Morgan fingerprint density at radius 2 is 1.96 bits per heavy atom. The molecule has 132 valence electrons. The smallest absolute Gasteiger partial charge is 0.343 e. The van der Waals surface area contributed by atoms with Crippen LogP contribution in [0.4, 0.5) is 0 Å². The largest absolute Gasteiger partial charge is 0.502 e. The topological polar surface area (TPSA) is 86.0 Å². The molecule has 0 radical (unpaired) electrons. The van der Waals surface area contributed by atoms with Crippen LogP contribution in [0.5, 0.6) is 11.5 Å². The number of fused-ring (bicyclic) bond motifs is 1. The zero-order valence-electron chi connectivity index (χ0n) is 14.0. The van der Waals surface area contributed by atoms with Crippen LogP contribution in [0.3, 0.4) is 0 Å². The van der Waals surface area contributed by atoms with Gasteiger partial charge in [0.15, 0.2) is 11.3 Å². The number of hydrogen-bond acceptors (Lipinski definition) is 6. The molecule has 0 saturated carbocycles. The molecule has 1 N–H and O–H groups in total. The number of rotatable bonds is 5. The van der Waals surface area contributed by atoms with Crippen LogP contribution in [0.1, 0.15) is 22.8 Å². The van der Waals surface area contributed by atoms with Gasteiger partial charge in [-0.1, -0.05) is 18.2 Å². The summed E-state index contributed by atoms with van der Waals surface area (Å²) in [6, 6.07) is 11.7. The molecule has 0 saturated heterocycles. The minimum absolute atomic E-state index is 0.0955. The van der Waals surface area contributed by atoms with Crippen molar-refractivity contribution in [3.05, 3.63) is 65.9 Å². The monoisotopic (exact) mass is 352 g/mol. The van der Waals surface area contributed by atoms with Crippen molar-refractivity contribution in [1.29, 1.82) is 0 Å². The molecule has 1 aromatic heterocycles. The van der Waals surface area contributed by atoms with Crippen LogP contribution in [0.15, 0.2) is 59.2 Å². The maximum absolute atomic E-state index is 12.4. The quantitative estimate of drug-likeness (QED) is 0.425. The molecule has 0 fully saturated rings. The summed E-state index contributed by atoms with van der Waals surface area (Å²) in [5.74, 6) is -1.60. The molecule has 0 bridgehead atoms. The molecule has 2 aromatic carbocycles. The van der Waals surface area contributed by atoms with Gasteiger partial charge in [-0.3, -0.25) is 0 Å². The lowest BCUT2D eigenvalue weighted by Crippen LogP contribution is -2.09. The number of carbonyl (C=O) groups is 2. The summed E-state index contributed by atoms with van der Waals surface area (Å²) in [5, 5.41) is 11.1. The summed E-state index contributed by atoms with van der Waals surface area (Å²) in [4.78, 5) is 23.9. The van der Waals surface area contributed by atoms with Gasteiger partial charge in [0.05, 0.1) is 18.4 Å². The van der Waals surface area contributed by atoms with Gasteiger partial charge in [0.2, 0.25) is 5.75 Å². The van der Waals surface area contributed by atoms with Gasteiger partial charge in [-0.25, -0.2) is 9.59 Å². The maximum atomic E-state index is 12.4. The van der Waals surface area contributed by atoms with Crippen LogP contribution in [0.2, 0.25) is 0 Å². The molecule has 3 aromatic rings. The average molecular weight is 352 g/mol. The van der Waals surface area contributed by atoms with Gasteiger partial charge in [-0.15, -0.1) is 0 Å². The van der Waals surface area contributed by atoms with Gasteiger partial charge in [0, 0.05) is 17.0 Å². The molecular formula is C20H16O6. The van der Waals surface area contributed by atoms with Crippen molar-refractivity contribution in [2.24, 2.45) is 0 Å².